The van der Waals surface area contributed by atoms with Gasteiger partial charge in [0.15, 0.2) is 0 Å². The Bertz CT molecular complexity index is 240. The molecule has 3 heteroatoms. The van der Waals surface area contributed by atoms with Crippen molar-refractivity contribution in [2.75, 3.05) is 6.54 Å². The fourth-order valence-corrected chi connectivity index (χ4v) is 2.57. The molecular formula is C13H25NO2. The Balaban J connectivity index is 2.67. The van der Waals surface area contributed by atoms with E-state index >= 15 is 0 Å². The molecule has 1 saturated carbocycles. The van der Waals surface area contributed by atoms with Crippen molar-refractivity contribution in [2.24, 2.45) is 11.8 Å². The fourth-order valence-electron chi connectivity index (χ4n) is 2.57. The summed E-state index contributed by atoms with van der Waals surface area (Å²) in [5, 5.41) is 12.8. The molecule has 0 heterocycles. The largest absolute Gasteiger partial charge is 0.480 e. The van der Waals surface area contributed by atoms with Crippen molar-refractivity contribution in [3.05, 3.63) is 0 Å². The number of rotatable bonds is 5. The number of hydrogen-bond donors (Lipinski definition) is 2. The van der Waals surface area contributed by atoms with Crippen LogP contribution in [0.5, 0.6) is 0 Å². The third-order valence-corrected chi connectivity index (χ3v) is 3.69. The number of aliphatic carboxylic acids is 1. The highest BCUT2D eigenvalue weighted by Crippen LogP contribution is 2.34. The maximum Gasteiger partial charge on any atom is 0.323 e. The molecular weight excluding hydrogens is 202 g/mol. The molecule has 0 aromatic carbocycles. The van der Waals surface area contributed by atoms with Crippen LogP contribution in [0, 0.1) is 11.8 Å². The smallest absolute Gasteiger partial charge is 0.323 e. The van der Waals surface area contributed by atoms with E-state index in [4.69, 9.17) is 0 Å². The van der Waals surface area contributed by atoms with Crippen molar-refractivity contribution in [1.29, 1.82) is 0 Å². The summed E-state index contributed by atoms with van der Waals surface area (Å²) >= 11 is 0. The highest BCUT2D eigenvalue weighted by molar-refractivity contribution is 5.79. The number of nitrogens with one attached hydrogen (secondary N) is 1. The molecule has 0 aromatic rings. The van der Waals surface area contributed by atoms with Crippen LogP contribution in [-0.2, 0) is 4.79 Å². The second-order valence-corrected chi connectivity index (χ2v) is 5.53. The summed E-state index contributed by atoms with van der Waals surface area (Å²) in [7, 11) is 0. The van der Waals surface area contributed by atoms with Crippen LogP contribution >= 0.6 is 0 Å². The topological polar surface area (TPSA) is 49.3 Å². The van der Waals surface area contributed by atoms with Gasteiger partial charge in [-0.15, -0.1) is 0 Å². The van der Waals surface area contributed by atoms with Crippen LogP contribution in [0.4, 0.5) is 0 Å². The summed E-state index contributed by atoms with van der Waals surface area (Å²) in [6, 6.07) is 0. The van der Waals surface area contributed by atoms with E-state index in [1.807, 2.05) is 0 Å². The van der Waals surface area contributed by atoms with E-state index in [9.17, 15) is 9.90 Å². The van der Waals surface area contributed by atoms with Crippen molar-refractivity contribution in [3.8, 4) is 0 Å². The first-order valence-electron chi connectivity index (χ1n) is 6.48. The van der Waals surface area contributed by atoms with Crippen LogP contribution in [0.3, 0.4) is 0 Å². The van der Waals surface area contributed by atoms with Gasteiger partial charge in [0, 0.05) is 0 Å². The highest BCUT2D eigenvalue weighted by Gasteiger charge is 2.41. The maximum atomic E-state index is 11.5. The van der Waals surface area contributed by atoms with Crippen LogP contribution in [0.1, 0.15) is 52.9 Å². The predicted molar refractivity (Wildman–Crippen MR) is 65.5 cm³/mol. The summed E-state index contributed by atoms with van der Waals surface area (Å²) in [5.74, 6) is 0.411. The molecule has 1 rings (SSSR count). The standard InChI is InChI=1S/C13H25NO2/c1-4-11-6-5-7-13(8-11,12(15)16)14-9-10(2)3/h10-11,14H,4-9H2,1-3H3,(H,15,16). The van der Waals surface area contributed by atoms with Gasteiger partial charge < -0.3 is 10.4 Å². The van der Waals surface area contributed by atoms with Crippen molar-refractivity contribution < 1.29 is 9.90 Å². The van der Waals surface area contributed by atoms with E-state index in [1.165, 1.54) is 6.42 Å². The lowest BCUT2D eigenvalue weighted by molar-refractivity contribution is -0.147. The van der Waals surface area contributed by atoms with E-state index < -0.39 is 11.5 Å². The molecule has 0 bridgehead atoms. The second-order valence-electron chi connectivity index (χ2n) is 5.53. The van der Waals surface area contributed by atoms with Crippen LogP contribution in [-0.4, -0.2) is 23.2 Å². The minimum Gasteiger partial charge on any atom is -0.480 e. The predicted octanol–water partition coefficient (Wildman–Crippen LogP) is 2.66. The molecule has 0 saturated heterocycles. The van der Waals surface area contributed by atoms with Gasteiger partial charge in [0.05, 0.1) is 0 Å². The molecule has 0 spiro atoms. The first kappa shape index (κ1) is 13.5. The molecule has 2 N–H and O–H groups in total. The van der Waals surface area contributed by atoms with Crippen LogP contribution in [0.15, 0.2) is 0 Å². The minimum absolute atomic E-state index is 0.498. The molecule has 0 amide bonds. The zero-order chi connectivity index (χ0) is 12.2. The molecule has 1 fully saturated rings. The Morgan fingerprint density at radius 2 is 2.25 bits per heavy atom. The SMILES string of the molecule is CCC1CCCC(NCC(C)C)(C(=O)O)C1. The number of hydrogen-bond acceptors (Lipinski definition) is 2. The lowest BCUT2D eigenvalue weighted by Crippen LogP contribution is -2.55. The zero-order valence-corrected chi connectivity index (χ0v) is 10.8. The summed E-state index contributed by atoms with van der Waals surface area (Å²) in [6.45, 7) is 7.18. The molecule has 16 heavy (non-hydrogen) atoms. The van der Waals surface area contributed by atoms with Gasteiger partial charge in [-0.05, 0) is 31.2 Å². The van der Waals surface area contributed by atoms with Gasteiger partial charge in [0.2, 0.25) is 0 Å². The molecule has 3 nitrogen and oxygen atoms in total. The second kappa shape index (κ2) is 5.67. The number of carbonyl (C=O) groups is 1. The normalized spacial score (nSPS) is 30.6. The summed E-state index contributed by atoms with van der Waals surface area (Å²) < 4.78 is 0. The van der Waals surface area contributed by atoms with Crippen molar-refractivity contribution in [3.63, 3.8) is 0 Å². The van der Waals surface area contributed by atoms with Crippen LogP contribution < -0.4 is 5.32 Å². The molecule has 0 aliphatic heterocycles. The molecule has 0 radical (unpaired) electrons. The van der Waals surface area contributed by atoms with Gasteiger partial charge in [0.1, 0.15) is 5.54 Å². The summed E-state index contributed by atoms with van der Waals surface area (Å²) in [4.78, 5) is 11.5. The van der Waals surface area contributed by atoms with Crippen LogP contribution in [0.25, 0.3) is 0 Å². The number of carboxylic acids is 1. The first-order chi connectivity index (χ1) is 7.50. The van der Waals surface area contributed by atoms with E-state index in [-0.39, 0.29) is 0 Å². The molecule has 1 aliphatic carbocycles. The molecule has 2 unspecified atom stereocenters. The van der Waals surface area contributed by atoms with Crippen molar-refractivity contribution >= 4 is 5.97 Å². The Hall–Kier alpha value is -0.570. The monoisotopic (exact) mass is 227 g/mol. The first-order valence-corrected chi connectivity index (χ1v) is 6.48. The Labute approximate surface area is 98.6 Å². The van der Waals surface area contributed by atoms with E-state index in [1.54, 1.807) is 0 Å². The minimum atomic E-state index is -0.661. The van der Waals surface area contributed by atoms with Gasteiger partial charge in [-0.1, -0.05) is 40.0 Å². The van der Waals surface area contributed by atoms with Gasteiger partial charge in [0.25, 0.3) is 0 Å². The highest BCUT2D eigenvalue weighted by atomic mass is 16.4. The van der Waals surface area contributed by atoms with Gasteiger partial charge in [-0.3, -0.25) is 4.79 Å². The zero-order valence-electron chi connectivity index (χ0n) is 10.8. The lowest BCUT2D eigenvalue weighted by Gasteiger charge is -2.38. The third-order valence-electron chi connectivity index (χ3n) is 3.69. The molecule has 1 aliphatic rings. The van der Waals surface area contributed by atoms with Crippen LogP contribution in [0.2, 0.25) is 0 Å². The number of carboxylic acid groups (broad SMARTS) is 1. The maximum absolute atomic E-state index is 11.5. The van der Waals surface area contributed by atoms with Gasteiger partial charge >= 0.3 is 5.97 Å². The third kappa shape index (κ3) is 3.21. The van der Waals surface area contributed by atoms with Crippen molar-refractivity contribution in [2.45, 2.75) is 58.4 Å². The average molecular weight is 227 g/mol. The molecule has 94 valence electrons. The summed E-state index contributed by atoms with van der Waals surface area (Å²) in [5.41, 5.74) is -0.650. The Kier molecular flexibility index (Phi) is 4.78. The van der Waals surface area contributed by atoms with E-state index in [2.05, 4.69) is 26.1 Å². The quantitative estimate of drug-likeness (QED) is 0.759. The van der Waals surface area contributed by atoms with E-state index in [0.717, 1.165) is 32.2 Å². The lowest BCUT2D eigenvalue weighted by atomic mass is 9.74. The Morgan fingerprint density at radius 1 is 1.56 bits per heavy atom. The van der Waals surface area contributed by atoms with E-state index in [0.29, 0.717) is 11.8 Å². The van der Waals surface area contributed by atoms with Gasteiger partial charge in [-0.25, -0.2) is 0 Å². The Morgan fingerprint density at radius 3 is 2.75 bits per heavy atom. The van der Waals surface area contributed by atoms with Gasteiger partial charge in [-0.2, -0.15) is 0 Å². The fraction of sp³-hybridized carbons (Fsp3) is 0.923. The molecule has 2 atom stereocenters. The summed E-state index contributed by atoms with van der Waals surface area (Å²) in [6.07, 6.45) is 4.90. The molecule has 0 aromatic heterocycles. The van der Waals surface area contributed by atoms with Crippen molar-refractivity contribution in [1.82, 2.24) is 5.32 Å². The average Bonchev–Trinajstić information content (AvgIpc) is 2.26.